The smallest absolute Gasteiger partial charge is 0.336 e. The van der Waals surface area contributed by atoms with Crippen LogP contribution in [0.3, 0.4) is 0 Å². The third-order valence-electron chi connectivity index (χ3n) is 7.39. The molecule has 3 aromatic rings. The second-order valence-electron chi connectivity index (χ2n) is 10.1. The number of nitrogens with one attached hydrogen (secondary N) is 1. The van der Waals surface area contributed by atoms with E-state index in [-0.39, 0.29) is 62.4 Å². The van der Waals surface area contributed by atoms with Crippen molar-refractivity contribution < 1.29 is 38.4 Å². The van der Waals surface area contributed by atoms with Gasteiger partial charge in [0.15, 0.2) is 11.5 Å². The van der Waals surface area contributed by atoms with Gasteiger partial charge in [0.1, 0.15) is 5.82 Å². The van der Waals surface area contributed by atoms with Crippen molar-refractivity contribution in [3.63, 3.8) is 0 Å². The third-order valence-corrected chi connectivity index (χ3v) is 7.73. The fourth-order valence-electron chi connectivity index (χ4n) is 5.25. The fourth-order valence-corrected chi connectivity index (χ4v) is 5.50. The largest absolute Gasteiger partial charge is 0.493 e. The summed E-state index contributed by atoms with van der Waals surface area (Å²) < 4.78 is 27.3. The highest BCUT2D eigenvalue weighted by atomic mass is 35.5. The number of allylic oxidation sites excluding steroid dienone is 1. The first kappa shape index (κ1) is 34.3. The summed E-state index contributed by atoms with van der Waals surface area (Å²) >= 11 is 6.58. The highest BCUT2D eigenvalue weighted by Crippen LogP contribution is 2.42. The third kappa shape index (κ3) is 7.27. The number of aromatic nitrogens is 2. The van der Waals surface area contributed by atoms with Crippen LogP contribution in [0.1, 0.15) is 25.3 Å². The number of carbonyl (C=O) groups excluding carboxylic acids is 2. The van der Waals surface area contributed by atoms with E-state index >= 15 is 0 Å². The number of ether oxygens (including phenoxy) is 5. The fraction of sp³-hybridized carbons (Fsp3) is 0.375. The number of benzene rings is 2. The first-order valence-corrected chi connectivity index (χ1v) is 14.9. The molecule has 1 aromatic heterocycles. The van der Waals surface area contributed by atoms with Gasteiger partial charge >= 0.3 is 11.9 Å². The van der Waals surface area contributed by atoms with Crippen LogP contribution in [-0.2, 0) is 23.8 Å². The molecule has 1 unspecified atom stereocenters. The highest BCUT2D eigenvalue weighted by molar-refractivity contribution is 6.31. The number of nitrogens with zero attached hydrogens (tertiary/aromatic N) is 3. The Bertz CT molecular complexity index is 1660. The minimum absolute atomic E-state index is 0.0361. The number of hydrogen-bond donors (Lipinski definition) is 3. The Balaban J connectivity index is 1.62. The van der Waals surface area contributed by atoms with E-state index in [9.17, 15) is 14.7 Å². The molecule has 13 nitrogen and oxygen atoms in total. The second-order valence-corrected chi connectivity index (χ2v) is 10.5. The molecule has 0 saturated heterocycles. The zero-order valence-electron chi connectivity index (χ0n) is 26.4. The monoisotopic (exact) mass is 655 g/mol. The van der Waals surface area contributed by atoms with Gasteiger partial charge in [0.25, 0.3) is 0 Å². The average molecular weight is 656 g/mol. The Morgan fingerprint density at radius 2 is 1.76 bits per heavy atom. The van der Waals surface area contributed by atoms with Crippen LogP contribution in [0.2, 0.25) is 5.02 Å². The molecule has 0 bridgehead atoms. The van der Waals surface area contributed by atoms with Crippen molar-refractivity contribution in [2.75, 3.05) is 71.5 Å². The summed E-state index contributed by atoms with van der Waals surface area (Å²) in [5, 5.41) is 13.9. The lowest BCUT2D eigenvalue weighted by molar-refractivity contribution is -0.139. The van der Waals surface area contributed by atoms with Crippen molar-refractivity contribution in [3.8, 4) is 11.5 Å². The SMILES string of the molecule is CCOC(=O)C1=C(COCCN(CCO)c2nc(N)c3cc(OC)c(OC)cc3n2)NC(C)=C(C(=O)OC)C1c1ccccc1Cl. The Morgan fingerprint density at radius 3 is 2.41 bits per heavy atom. The van der Waals surface area contributed by atoms with Crippen molar-refractivity contribution in [1.29, 1.82) is 0 Å². The van der Waals surface area contributed by atoms with E-state index in [1.165, 1.54) is 21.3 Å². The maximum Gasteiger partial charge on any atom is 0.336 e. The zero-order valence-corrected chi connectivity index (χ0v) is 27.1. The van der Waals surface area contributed by atoms with Gasteiger partial charge in [-0.25, -0.2) is 14.6 Å². The molecule has 2 aromatic carbocycles. The molecule has 0 radical (unpaired) electrons. The maximum atomic E-state index is 13.4. The van der Waals surface area contributed by atoms with Crippen molar-refractivity contribution in [1.82, 2.24) is 15.3 Å². The quantitative estimate of drug-likeness (QED) is 0.171. The summed E-state index contributed by atoms with van der Waals surface area (Å²) in [6.45, 7) is 3.95. The standard InChI is InChI=1S/C32H38ClN5O8/c1-6-46-31(41)28-23(35-18(2)26(30(40)44-5)27(28)19-9-7-8-10-21(19)33)17-45-14-12-38(11-13-39)32-36-22-16-25(43-4)24(42-3)15-20(22)29(34)37-32/h7-10,15-16,27,35,39H,6,11-14,17H2,1-5H3,(H2,34,36,37). The number of nitrogen functional groups attached to an aromatic ring is 1. The van der Waals surface area contributed by atoms with Gasteiger partial charge in [0.2, 0.25) is 5.95 Å². The molecule has 1 aliphatic rings. The van der Waals surface area contributed by atoms with Gasteiger partial charge in [0.05, 0.1) is 76.0 Å². The van der Waals surface area contributed by atoms with Gasteiger partial charge in [0, 0.05) is 35.3 Å². The number of fused-ring (bicyclic) bond motifs is 1. The molecular formula is C32H38ClN5O8. The number of aliphatic hydroxyl groups is 1. The van der Waals surface area contributed by atoms with Gasteiger partial charge in [-0.2, -0.15) is 4.98 Å². The lowest BCUT2D eigenvalue weighted by atomic mass is 9.80. The molecule has 46 heavy (non-hydrogen) atoms. The van der Waals surface area contributed by atoms with Crippen LogP contribution < -0.4 is 25.4 Å². The van der Waals surface area contributed by atoms with E-state index in [1.807, 2.05) is 0 Å². The molecule has 246 valence electrons. The lowest BCUT2D eigenvalue weighted by Gasteiger charge is -2.32. The number of esters is 2. The Morgan fingerprint density at radius 1 is 1.04 bits per heavy atom. The van der Waals surface area contributed by atoms with Gasteiger partial charge in [-0.05, 0) is 31.5 Å². The number of halogens is 1. The number of rotatable bonds is 14. The van der Waals surface area contributed by atoms with Crippen LogP contribution >= 0.6 is 11.6 Å². The van der Waals surface area contributed by atoms with Gasteiger partial charge in [-0.15, -0.1) is 0 Å². The number of aliphatic hydroxyl groups excluding tert-OH is 1. The van der Waals surface area contributed by atoms with Crippen LogP contribution in [-0.4, -0.2) is 87.9 Å². The van der Waals surface area contributed by atoms with Crippen molar-refractivity contribution in [2.24, 2.45) is 0 Å². The number of anilines is 2. The summed E-state index contributed by atoms with van der Waals surface area (Å²) in [4.78, 5) is 37.2. The van der Waals surface area contributed by atoms with Crippen LogP contribution in [0.15, 0.2) is 58.9 Å². The predicted molar refractivity (Wildman–Crippen MR) is 173 cm³/mol. The normalized spacial score (nSPS) is 14.6. The van der Waals surface area contributed by atoms with Crippen LogP contribution in [0, 0.1) is 0 Å². The summed E-state index contributed by atoms with van der Waals surface area (Å²) in [7, 11) is 4.33. The highest BCUT2D eigenvalue weighted by Gasteiger charge is 2.39. The number of dihydropyridines is 1. The van der Waals surface area contributed by atoms with Gasteiger partial charge < -0.3 is 44.7 Å². The first-order valence-electron chi connectivity index (χ1n) is 14.5. The molecule has 14 heteroatoms. The van der Waals surface area contributed by atoms with E-state index in [4.69, 9.17) is 41.0 Å². The zero-order chi connectivity index (χ0) is 33.4. The number of hydrogen-bond acceptors (Lipinski definition) is 13. The Kier molecular flexibility index (Phi) is 11.6. The number of carbonyl (C=O) groups is 2. The molecule has 2 heterocycles. The Hall–Kier alpha value is -4.59. The molecule has 0 amide bonds. The van der Waals surface area contributed by atoms with Crippen molar-refractivity contribution in [2.45, 2.75) is 19.8 Å². The van der Waals surface area contributed by atoms with Crippen molar-refractivity contribution in [3.05, 3.63) is 69.5 Å². The molecule has 0 aliphatic carbocycles. The summed E-state index contributed by atoms with van der Waals surface area (Å²) in [5.74, 6) is -0.602. The van der Waals surface area contributed by atoms with E-state index in [0.717, 1.165) is 0 Å². The van der Waals surface area contributed by atoms with Crippen LogP contribution in [0.25, 0.3) is 10.9 Å². The van der Waals surface area contributed by atoms with E-state index in [1.54, 1.807) is 55.1 Å². The second kappa shape index (κ2) is 15.6. The van der Waals surface area contributed by atoms with E-state index < -0.39 is 17.9 Å². The first-order chi connectivity index (χ1) is 22.2. The summed E-state index contributed by atoms with van der Waals surface area (Å²) in [6, 6.07) is 10.4. The Labute approximate surface area is 271 Å². The molecule has 0 spiro atoms. The average Bonchev–Trinajstić information content (AvgIpc) is 3.05. The molecule has 1 aliphatic heterocycles. The molecule has 0 saturated carbocycles. The van der Waals surface area contributed by atoms with E-state index in [0.29, 0.717) is 44.4 Å². The van der Waals surface area contributed by atoms with E-state index in [2.05, 4.69) is 15.3 Å². The topological polar surface area (TPSA) is 168 Å². The molecular weight excluding hydrogens is 618 g/mol. The minimum atomic E-state index is -0.865. The summed E-state index contributed by atoms with van der Waals surface area (Å²) in [6.07, 6.45) is 0. The van der Waals surface area contributed by atoms with Crippen LogP contribution in [0.4, 0.5) is 11.8 Å². The van der Waals surface area contributed by atoms with Gasteiger partial charge in [-0.3, -0.25) is 0 Å². The minimum Gasteiger partial charge on any atom is -0.493 e. The molecule has 1 atom stereocenters. The van der Waals surface area contributed by atoms with Gasteiger partial charge in [-0.1, -0.05) is 29.8 Å². The number of nitrogens with two attached hydrogens (primary N) is 1. The molecule has 4 N–H and O–H groups in total. The van der Waals surface area contributed by atoms with Crippen LogP contribution in [0.5, 0.6) is 11.5 Å². The molecule has 4 rings (SSSR count). The molecule has 0 fully saturated rings. The van der Waals surface area contributed by atoms with Crippen molar-refractivity contribution >= 4 is 46.2 Å². The lowest BCUT2D eigenvalue weighted by Crippen LogP contribution is -2.36. The predicted octanol–water partition coefficient (Wildman–Crippen LogP) is 3.35. The summed E-state index contributed by atoms with van der Waals surface area (Å²) in [5.41, 5.74) is 8.67. The maximum absolute atomic E-state index is 13.4. The number of methoxy groups -OCH3 is 3.